The summed E-state index contributed by atoms with van der Waals surface area (Å²) in [6.07, 6.45) is 3.37. The molecule has 1 heterocycles. The predicted octanol–water partition coefficient (Wildman–Crippen LogP) is 4.41. The molecule has 1 aromatic carbocycles. The van der Waals surface area contributed by atoms with Gasteiger partial charge >= 0.3 is 0 Å². The van der Waals surface area contributed by atoms with E-state index in [9.17, 15) is 0 Å². The maximum absolute atomic E-state index is 5.21. The summed E-state index contributed by atoms with van der Waals surface area (Å²) < 4.78 is 0. The number of likely N-dealkylation sites (tertiary alicyclic amines) is 1. The lowest BCUT2D eigenvalue weighted by molar-refractivity contribution is 0.231. The summed E-state index contributed by atoms with van der Waals surface area (Å²) >= 11 is 0. The SMILES string of the molecule is CCc1cccc(CC)c1/C(C)=N/C(=C(/CNC)C(C)C)N1CCC1. The average molecular weight is 342 g/mol. The van der Waals surface area contributed by atoms with E-state index in [0.29, 0.717) is 5.92 Å². The van der Waals surface area contributed by atoms with Crippen molar-refractivity contribution < 1.29 is 0 Å². The molecule has 0 aliphatic carbocycles. The second-order valence-corrected chi connectivity index (χ2v) is 7.23. The van der Waals surface area contributed by atoms with Crippen LogP contribution in [0.1, 0.15) is 57.7 Å². The minimum absolute atomic E-state index is 0.492. The molecule has 1 aliphatic heterocycles. The Kier molecular flexibility index (Phi) is 7.24. The van der Waals surface area contributed by atoms with Crippen LogP contribution < -0.4 is 5.32 Å². The summed E-state index contributed by atoms with van der Waals surface area (Å²) in [5, 5.41) is 3.34. The Morgan fingerprint density at radius 2 is 1.76 bits per heavy atom. The Labute approximate surface area is 154 Å². The van der Waals surface area contributed by atoms with Crippen LogP contribution in [0.25, 0.3) is 0 Å². The van der Waals surface area contributed by atoms with Crippen molar-refractivity contribution in [2.75, 3.05) is 26.7 Å². The molecule has 0 amide bonds. The molecule has 1 aliphatic rings. The van der Waals surface area contributed by atoms with Gasteiger partial charge in [0, 0.05) is 30.9 Å². The van der Waals surface area contributed by atoms with Gasteiger partial charge in [-0.05, 0) is 55.9 Å². The van der Waals surface area contributed by atoms with Crippen LogP contribution in [0.15, 0.2) is 34.6 Å². The van der Waals surface area contributed by atoms with Gasteiger partial charge in [-0.15, -0.1) is 0 Å². The lowest BCUT2D eigenvalue weighted by Crippen LogP contribution is -2.38. The normalized spacial score (nSPS) is 16.1. The first-order valence-electron chi connectivity index (χ1n) is 9.82. The Morgan fingerprint density at radius 3 is 2.16 bits per heavy atom. The quantitative estimate of drug-likeness (QED) is 0.709. The molecule has 138 valence electrons. The third-order valence-corrected chi connectivity index (χ3v) is 5.14. The zero-order valence-corrected chi connectivity index (χ0v) is 16.9. The van der Waals surface area contributed by atoms with E-state index < -0.39 is 0 Å². The number of nitrogens with zero attached hydrogens (tertiary/aromatic N) is 2. The molecule has 0 bridgehead atoms. The number of aliphatic imine (C=N–C) groups is 1. The highest BCUT2D eigenvalue weighted by molar-refractivity contribution is 6.02. The van der Waals surface area contributed by atoms with Gasteiger partial charge in [-0.3, -0.25) is 0 Å². The van der Waals surface area contributed by atoms with Gasteiger partial charge in [0.2, 0.25) is 0 Å². The summed E-state index contributed by atoms with van der Waals surface area (Å²) in [5.74, 6) is 1.69. The minimum atomic E-state index is 0.492. The van der Waals surface area contributed by atoms with Crippen LogP contribution in [0.4, 0.5) is 0 Å². The van der Waals surface area contributed by atoms with Gasteiger partial charge in [0.1, 0.15) is 5.82 Å². The zero-order chi connectivity index (χ0) is 18.4. The topological polar surface area (TPSA) is 27.6 Å². The first-order chi connectivity index (χ1) is 12.0. The third-order valence-electron chi connectivity index (χ3n) is 5.14. The van der Waals surface area contributed by atoms with Gasteiger partial charge in [-0.25, -0.2) is 4.99 Å². The van der Waals surface area contributed by atoms with Crippen LogP contribution in [-0.2, 0) is 12.8 Å². The summed E-state index contributed by atoms with van der Waals surface area (Å²) in [7, 11) is 2.02. The number of hydrogen-bond donors (Lipinski definition) is 1. The smallest absolute Gasteiger partial charge is 0.129 e. The second kappa shape index (κ2) is 9.19. The molecular formula is C22H35N3. The molecule has 3 heteroatoms. The molecule has 0 saturated carbocycles. The first-order valence-corrected chi connectivity index (χ1v) is 9.82. The van der Waals surface area contributed by atoms with Crippen LogP contribution in [-0.4, -0.2) is 37.3 Å². The van der Waals surface area contributed by atoms with Gasteiger partial charge in [-0.2, -0.15) is 0 Å². The molecule has 1 fully saturated rings. The van der Waals surface area contributed by atoms with E-state index >= 15 is 0 Å². The lowest BCUT2D eigenvalue weighted by Gasteiger charge is -2.36. The largest absolute Gasteiger partial charge is 0.356 e. The van der Waals surface area contributed by atoms with E-state index in [1.807, 2.05) is 7.05 Å². The van der Waals surface area contributed by atoms with E-state index in [2.05, 4.69) is 63.0 Å². The Morgan fingerprint density at radius 1 is 1.16 bits per heavy atom. The van der Waals surface area contributed by atoms with Crippen molar-refractivity contribution in [3.8, 4) is 0 Å². The maximum atomic E-state index is 5.21. The molecule has 0 radical (unpaired) electrons. The van der Waals surface area contributed by atoms with Crippen molar-refractivity contribution in [1.82, 2.24) is 10.2 Å². The van der Waals surface area contributed by atoms with Crippen LogP contribution >= 0.6 is 0 Å². The molecule has 25 heavy (non-hydrogen) atoms. The number of benzene rings is 1. The standard InChI is InChI=1S/C22H35N3/c1-7-18-11-9-12-19(8-2)21(18)17(5)24-22(25-13-10-14-25)20(15-23-6)16(3)4/h9,11-12,16,23H,7-8,10,13-15H2,1-6H3/b22-20+,24-17+. The van der Waals surface area contributed by atoms with Crippen molar-refractivity contribution in [2.24, 2.45) is 10.9 Å². The molecule has 0 aromatic heterocycles. The molecule has 0 spiro atoms. The fourth-order valence-corrected chi connectivity index (χ4v) is 3.53. The molecule has 0 unspecified atom stereocenters. The third kappa shape index (κ3) is 4.52. The van der Waals surface area contributed by atoms with Crippen molar-refractivity contribution >= 4 is 5.71 Å². The minimum Gasteiger partial charge on any atom is -0.356 e. The molecule has 1 saturated heterocycles. The van der Waals surface area contributed by atoms with Crippen molar-refractivity contribution in [3.05, 3.63) is 46.3 Å². The molecule has 0 atom stereocenters. The highest BCUT2D eigenvalue weighted by Crippen LogP contribution is 2.26. The predicted molar refractivity (Wildman–Crippen MR) is 109 cm³/mol. The number of hydrogen-bond acceptors (Lipinski definition) is 3. The Hall–Kier alpha value is -1.61. The number of nitrogens with one attached hydrogen (secondary N) is 1. The Balaban J connectivity index is 2.55. The first kappa shape index (κ1) is 19.7. The van der Waals surface area contributed by atoms with E-state index in [1.54, 1.807) is 0 Å². The maximum Gasteiger partial charge on any atom is 0.129 e. The van der Waals surface area contributed by atoms with E-state index in [4.69, 9.17) is 4.99 Å². The molecule has 1 aromatic rings. The summed E-state index contributed by atoms with van der Waals surface area (Å²) in [6.45, 7) is 14.4. The zero-order valence-electron chi connectivity index (χ0n) is 16.9. The monoisotopic (exact) mass is 341 g/mol. The number of aryl methyl sites for hydroxylation is 2. The number of rotatable bonds is 8. The highest BCUT2D eigenvalue weighted by atomic mass is 15.3. The molecular weight excluding hydrogens is 306 g/mol. The van der Waals surface area contributed by atoms with Gasteiger partial charge in [0.15, 0.2) is 0 Å². The summed E-state index contributed by atoms with van der Waals surface area (Å²) in [4.78, 5) is 7.65. The fraction of sp³-hybridized carbons (Fsp3) is 0.591. The van der Waals surface area contributed by atoms with Gasteiger partial charge in [-0.1, -0.05) is 45.9 Å². The van der Waals surface area contributed by atoms with Gasteiger partial charge in [0.25, 0.3) is 0 Å². The number of likely N-dealkylation sites (N-methyl/N-ethyl adjacent to an activating group) is 1. The fourth-order valence-electron chi connectivity index (χ4n) is 3.53. The molecule has 1 N–H and O–H groups in total. The molecule has 2 rings (SSSR count). The van der Waals surface area contributed by atoms with Crippen molar-refractivity contribution in [3.63, 3.8) is 0 Å². The van der Waals surface area contributed by atoms with E-state index in [1.165, 1.54) is 34.5 Å². The Bertz CT molecular complexity index is 614. The average Bonchev–Trinajstić information content (AvgIpc) is 2.56. The van der Waals surface area contributed by atoms with Crippen LogP contribution in [0.5, 0.6) is 0 Å². The van der Waals surface area contributed by atoms with Crippen LogP contribution in [0, 0.1) is 5.92 Å². The van der Waals surface area contributed by atoms with Crippen LogP contribution in [0.3, 0.4) is 0 Å². The molecule has 3 nitrogen and oxygen atoms in total. The second-order valence-electron chi connectivity index (χ2n) is 7.23. The van der Waals surface area contributed by atoms with Crippen molar-refractivity contribution in [2.45, 2.75) is 53.9 Å². The van der Waals surface area contributed by atoms with Crippen molar-refractivity contribution in [1.29, 1.82) is 0 Å². The van der Waals surface area contributed by atoms with E-state index in [0.717, 1.165) is 38.2 Å². The van der Waals surface area contributed by atoms with Crippen LogP contribution in [0.2, 0.25) is 0 Å². The summed E-state index contributed by atoms with van der Waals surface area (Å²) in [5.41, 5.74) is 6.74. The van der Waals surface area contributed by atoms with E-state index in [-0.39, 0.29) is 0 Å². The lowest BCUT2D eigenvalue weighted by atomic mass is 9.94. The highest BCUT2D eigenvalue weighted by Gasteiger charge is 2.22. The van der Waals surface area contributed by atoms with Gasteiger partial charge in [0.05, 0.1) is 0 Å². The summed E-state index contributed by atoms with van der Waals surface area (Å²) in [6, 6.07) is 6.68. The van der Waals surface area contributed by atoms with Gasteiger partial charge < -0.3 is 10.2 Å².